The van der Waals surface area contributed by atoms with Gasteiger partial charge >= 0.3 is 5.97 Å². The first-order valence-electron chi connectivity index (χ1n) is 9.15. The SMILES string of the molecule is CO[C@]1(C)/C=C/[C@H](C(C)C)CCC2=C[C@H](C/C(C)=C/CC1)OC2=O. The zero-order chi connectivity index (χ0) is 17.7. The molecule has 0 N–H and O–H groups in total. The minimum atomic E-state index is -0.237. The third-order valence-electron chi connectivity index (χ3n) is 5.33. The third kappa shape index (κ3) is 5.07. The molecule has 0 unspecified atom stereocenters. The van der Waals surface area contributed by atoms with E-state index >= 15 is 0 Å². The fourth-order valence-corrected chi connectivity index (χ4v) is 3.39. The largest absolute Gasteiger partial charge is 0.454 e. The molecule has 2 bridgehead atoms. The van der Waals surface area contributed by atoms with Crippen LogP contribution in [0.3, 0.4) is 0 Å². The molecule has 2 rings (SSSR count). The van der Waals surface area contributed by atoms with E-state index in [2.05, 4.69) is 45.9 Å². The summed E-state index contributed by atoms with van der Waals surface area (Å²) in [6, 6.07) is 0. The van der Waals surface area contributed by atoms with E-state index in [9.17, 15) is 4.79 Å². The molecule has 3 heteroatoms. The van der Waals surface area contributed by atoms with Crippen LogP contribution in [0.1, 0.15) is 59.8 Å². The van der Waals surface area contributed by atoms with Gasteiger partial charge in [0, 0.05) is 19.1 Å². The highest BCUT2D eigenvalue weighted by atomic mass is 16.5. The van der Waals surface area contributed by atoms with Gasteiger partial charge < -0.3 is 9.47 Å². The van der Waals surface area contributed by atoms with Gasteiger partial charge in [-0.1, -0.05) is 37.6 Å². The van der Waals surface area contributed by atoms with Crippen LogP contribution in [0, 0.1) is 11.8 Å². The van der Waals surface area contributed by atoms with Crippen LogP contribution in [0.25, 0.3) is 0 Å². The molecule has 0 saturated carbocycles. The third-order valence-corrected chi connectivity index (χ3v) is 5.33. The number of hydrogen-bond donors (Lipinski definition) is 0. The molecule has 0 saturated heterocycles. The van der Waals surface area contributed by atoms with Crippen LogP contribution in [0.4, 0.5) is 0 Å². The second-order valence-corrected chi connectivity index (χ2v) is 7.75. The molecule has 3 nitrogen and oxygen atoms in total. The van der Waals surface area contributed by atoms with Crippen LogP contribution in [-0.4, -0.2) is 24.8 Å². The molecule has 0 fully saturated rings. The summed E-state index contributed by atoms with van der Waals surface area (Å²) in [6.45, 7) is 8.73. The summed E-state index contributed by atoms with van der Waals surface area (Å²) in [5, 5.41) is 0. The van der Waals surface area contributed by atoms with E-state index in [-0.39, 0.29) is 17.7 Å². The predicted octanol–water partition coefficient (Wildman–Crippen LogP) is 4.98. The van der Waals surface area contributed by atoms with E-state index in [0.29, 0.717) is 11.8 Å². The summed E-state index contributed by atoms with van der Waals surface area (Å²) in [7, 11) is 1.78. The van der Waals surface area contributed by atoms with Crippen molar-refractivity contribution in [2.75, 3.05) is 7.11 Å². The first-order chi connectivity index (χ1) is 11.3. The number of fused-ring (bicyclic) bond motifs is 1. The van der Waals surface area contributed by atoms with Crippen LogP contribution in [0.2, 0.25) is 0 Å². The molecule has 0 aromatic heterocycles. The van der Waals surface area contributed by atoms with E-state index in [1.807, 2.05) is 6.08 Å². The van der Waals surface area contributed by atoms with E-state index in [0.717, 1.165) is 37.7 Å². The summed E-state index contributed by atoms with van der Waals surface area (Å²) in [4.78, 5) is 12.1. The van der Waals surface area contributed by atoms with Gasteiger partial charge in [-0.25, -0.2) is 4.79 Å². The summed E-state index contributed by atoms with van der Waals surface area (Å²) >= 11 is 0. The average Bonchev–Trinajstić information content (AvgIpc) is 2.85. The number of ether oxygens (including phenoxy) is 2. The summed E-state index contributed by atoms with van der Waals surface area (Å²) in [5.41, 5.74) is 1.88. The van der Waals surface area contributed by atoms with E-state index in [1.54, 1.807) is 7.11 Å². The first kappa shape index (κ1) is 19.0. The van der Waals surface area contributed by atoms with Crippen molar-refractivity contribution in [3.05, 3.63) is 35.5 Å². The number of carbonyl (C=O) groups excluding carboxylic acids is 1. The highest BCUT2D eigenvalue weighted by molar-refractivity contribution is 5.90. The maximum absolute atomic E-state index is 12.1. The van der Waals surface area contributed by atoms with Crippen molar-refractivity contribution in [1.82, 2.24) is 0 Å². The Kier molecular flexibility index (Phi) is 6.45. The molecule has 24 heavy (non-hydrogen) atoms. The van der Waals surface area contributed by atoms with E-state index < -0.39 is 0 Å². The minimum absolute atomic E-state index is 0.0893. The summed E-state index contributed by atoms with van der Waals surface area (Å²) in [6.07, 6.45) is 13.2. The molecule has 1 heterocycles. The molecular weight excluding hydrogens is 300 g/mol. The van der Waals surface area contributed by atoms with Crippen molar-refractivity contribution in [3.8, 4) is 0 Å². The maximum atomic E-state index is 12.1. The zero-order valence-corrected chi connectivity index (χ0v) is 15.8. The Bertz CT molecular complexity index is 541. The lowest BCUT2D eigenvalue weighted by atomic mass is 9.86. The van der Waals surface area contributed by atoms with Gasteiger partial charge in [-0.05, 0) is 57.4 Å². The Labute approximate surface area is 146 Å². The Morgan fingerprint density at radius 2 is 2.12 bits per heavy atom. The average molecular weight is 332 g/mol. The Balaban J connectivity index is 2.24. The maximum Gasteiger partial charge on any atom is 0.334 e. The molecule has 0 amide bonds. The lowest BCUT2D eigenvalue weighted by molar-refractivity contribution is -0.139. The van der Waals surface area contributed by atoms with Gasteiger partial charge in [-0.2, -0.15) is 0 Å². The summed E-state index contributed by atoms with van der Waals surface area (Å²) in [5.74, 6) is 0.842. The monoisotopic (exact) mass is 332 g/mol. The van der Waals surface area contributed by atoms with Gasteiger partial charge in [0.1, 0.15) is 6.10 Å². The Hall–Kier alpha value is -1.35. The van der Waals surface area contributed by atoms with Gasteiger partial charge in [0.05, 0.1) is 5.60 Å². The fraction of sp³-hybridized carbons (Fsp3) is 0.667. The highest BCUT2D eigenvalue weighted by Crippen LogP contribution is 2.29. The molecule has 0 aromatic rings. The second-order valence-electron chi connectivity index (χ2n) is 7.75. The van der Waals surface area contributed by atoms with Crippen molar-refractivity contribution in [2.45, 2.75) is 71.5 Å². The molecule has 1 aliphatic heterocycles. The van der Waals surface area contributed by atoms with Crippen molar-refractivity contribution < 1.29 is 14.3 Å². The predicted molar refractivity (Wildman–Crippen MR) is 97.7 cm³/mol. The lowest BCUT2D eigenvalue weighted by Crippen LogP contribution is -2.24. The highest BCUT2D eigenvalue weighted by Gasteiger charge is 2.27. The van der Waals surface area contributed by atoms with E-state index in [1.165, 1.54) is 5.57 Å². The van der Waals surface area contributed by atoms with Crippen LogP contribution >= 0.6 is 0 Å². The molecule has 0 aromatic carbocycles. The molecule has 3 atom stereocenters. The second kappa shape index (κ2) is 8.15. The van der Waals surface area contributed by atoms with Gasteiger partial charge in [0.25, 0.3) is 0 Å². The molecule has 1 aliphatic carbocycles. The number of allylic oxidation sites excluding steroid dienone is 2. The standard InChI is InChI=1S/C21H32O3/c1-15(2)17-8-9-18-14-19(24-20(18)22)13-16(3)7-6-11-21(4,23-5)12-10-17/h7,10,12,14-15,17,19H,6,8-9,11,13H2,1-5H3/b12-10+,16-7+/t17-,19+,21+/m1/s1. The van der Waals surface area contributed by atoms with E-state index in [4.69, 9.17) is 9.47 Å². The van der Waals surface area contributed by atoms with Gasteiger partial charge in [-0.3, -0.25) is 0 Å². The number of esters is 1. The van der Waals surface area contributed by atoms with Crippen molar-refractivity contribution in [3.63, 3.8) is 0 Å². The van der Waals surface area contributed by atoms with Gasteiger partial charge in [0.2, 0.25) is 0 Å². The van der Waals surface area contributed by atoms with Crippen LogP contribution in [0.5, 0.6) is 0 Å². The molecule has 2 aliphatic rings. The topological polar surface area (TPSA) is 35.5 Å². The Morgan fingerprint density at radius 3 is 2.79 bits per heavy atom. The normalized spacial score (nSPS) is 35.7. The fourth-order valence-electron chi connectivity index (χ4n) is 3.39. The number of methoxy groups -OCH3 is 1. The van der Waals surface area contributed by atoms with Gasteiger partial charge in [-0.15, -0.1) is 0 Å². The molecule has 134 valence electrons. The quantitative estimate of drug-likeness (QED) is 0.528. The smallest absolute Gasteiger partial charge is 0.334 e. The number of hydrogen-bond acceptors (Lipinski definition) is 3. The van der Waals surface area contributed by atoms with Crippen molar-refractivity contribution in [2.24, 2.45) is 11.8 Å². The minimum Gasteiger partial charge on any atom is -0.454 e. The molecular formula is C21H32O3. The summed E-state index contributed by atoms with van der Waals surface area (Å²) < 4.78 is 11.3. The lowest BCUT2D eigenvalue weighted by Gasteiger charge is -2.26. The number of carbonyl (C=O) groups is 1. The first-order valence-corrected chi connectivity index (χ1v) is 9.15. The van der Waals surface area contributed by atoms with Crippen LogP contribution in [0.15, 0.2) is 35.5 Å². The Morgan fingerprint density at radius 1 is 1.38 bits per heavy atom. The number of rotatable bonds is 2. The van der Waals surface area contributed by atoms with Gasteiger partial charge in [0.15, 0.2) is 0 Å². The van der Waals surface area contributed by atoms with Crippen molar-refractivity contribution >= 4 is 5.97 Å². The molecule has 0 spiro atoms. The van der Waals surface area contributed by atoms with Crippen LogP contribution < -0.4 is 0 Å². The van der Waals surface area contributed by atoms with Crippen molar-refractivity contribution in [1.29, 1.82) is 0 Å². The molecule has 0 radical (unpaired) electrons. The zero-order valence-electron chi connectivity index (χ0n) is 15.8. The van der Waals surface area contributed by atoms with Crippen LogP contribution in [-0.2, 0) is 14.3 Å².